The lowest BCUT2D eigenvalue weighted by molar-refractivity contribution is -0.142. The molecule has 19 heavy (non-hydrogen) atoms. The molecule has 1 rings (SSSR count). The molecule has 1 aromatic rings. The predicted octanol–water partition coefficient (Wildman–Crippen LogP) is 2.40. The fraction of sp³-hybridized carbons (Fsp3) is 0.533. The lowest BCUT2D eigenvalue weighted by atomic mass is 9.97. The summed E-state index contributed by atoms with van der Waals surface area (Å²) in [6, 6.07) is 8.33. The second-order valence-corrected chi connectivity index (χ2v) is 5.24. The highest BCUT2D eigenvalue weighted by Gasteiger charge is 2.27. The monoisotopic (exact) mass is 264 g/mol. The molecule has 106 valence electrons. The maximum Gasteiger partial charge on any atom is 0.323 e. The molecule has 0 aliphatic rings. The summed E-state index contributed by atoms with van der Waals surface area (Å²) >= 11 is 0. The van der Waals surface area contributed by atoms with Gasteiger partial charge >= 0.3 is 5.97 Å². The zero-order valence-corrected chi connectivity index (χ0v) is 12.0. The minimum Gasteiger partial charge on any atom is -0.480 e. The summed E-state index contributed by atoms with van der Waals surface area (Å²) in [4.78, 5) is 13.2. The number of hydrogen-bond acceptors (Lipinski definition) is 3. The average Bonchev–Trinajstić information content (AvgIpc) is 2.34. The van der Waals surface area contributed by atoms with E-state index in [1.807, 2.05) is 6.07 Å². The Labute approximate surface area is 115 Å². The third-order valence-electron chi connectivity index (χ3n) is 3.36. The predicted molar refractivity (Wildman–Crippen MR) is 78.5 cm³/mol. The Bertz CT molecular complexity index is 430. The van der Waals surface area contributed by atoms with Crippen molar-refractivity contribution in [2.75, 3.05) is 18.0 Å². The van der Waals surface area contributed by atoms with Gasteiger partial charge in [0, 0.05) is 18.8 Å². The maximum absolute atomic E-state index is 10.9. The Morgan fingerprint density at radius 1 is 1.47 bits per heavy atom. The van der Waals surface area contributed by atoms with E-state index in [0.29, 0.717) is 6.42 Å². The molecule has 0 spiro atoms. The van der Waals surface area contributed by atoms with Crippen molar-refractivity contribution in [3.8, 4) is 0 Å². The van der Waals surface area contributed by atoms with Gasteiger partial charge in [0.2, 0.25) is 0 Å². The second kappa shape index (κ2) is 6.57. The van der Waals surface area contributed by atoms with Crippen LogP contribution in [0.2, 0.25) is 0 Å². The lowest BCUT2D eigenvalue weighted by Crippen LogP contribution is -2.45. The minimum absolute atomic E-state index is 0.477. The van der Waals surface area contributed by atoms with Crippen molar-refractivity contribution in [1.82, 2.24) is 0 Å². The van der Waals surface area contributed by atoms with Gasteiger partial charge in [0.05, 0.1) is 0 Å². The van der Waals surface area contributed by atoms with Crippen LogP contribution >= 0.6 is 0 Å². The number of aryl methyl sites for hydroxylation is 1. The zero-order valence-electron chi connectivity index (χ0n) is 12.0. The first-order valence-corrected chi connectivity index (χ1v) is 6.70. The summed E-state index contributed by atoms with van der Waals surface area (Å²) in [6.45, 7) is 7.45. The third-order valence-corrected chi connectivity index (χ3v) is 3.36. The number of nitrogens with zero attached hydrogens (tertiary/aromatic N) is 1. The number of carboxylic acid groups (broad SMARTS) is 1. The Morgan fingerprint density at radius 3 is 2.68 bits per heavy atom. The molecule has 0 saturated heterocycles. The molecule has 4 heteroatoms. The van der Waals surface area contributed by atoms with Crippen LogP contribution in [-0.2, 0) is 4.79 Å². The first kappa shape index (κ1) is 15.5. The quantitative estimate of drug-likeness (QED) is 0.793. The van der Waals surface area contributed by atoms with E-state index in [0.717, 1.165) is 19.5 Å². The normalized spacial score (nSPS) is 13.9. The van der Waals surface area contributed by atoms with E-state index in [-0.39, 0.29) is 0 Å². The Morgan fingerprint density at radius 2 is 2.16 bits per heavy atom. The number of carbonyl (C=O) groups is 1. The van der Waals surface area contributed by atoms with Gasteiger partial charge in [-0.25, -0.2) is 0 Å². The van der Waals surface area contributed by atoms with Crippen LogP contribution in [0, 0.1) is 6.92 Å². The number of carboxylic acids is 1. The van der Waals surface area contributed by atoms with Crippen LogP contribution in [0.4, 0.5) is 5.69 Å². The summed E-state index contributed by atoms with van der Waals surface area (Å²) in [5.74, 6) is -0.939. The highest BCUT2D eigenvalue weighted by atomic mass is 16.4. The smallest absolute Gasteiger partial charge is 0.323 e. The van der Waals surface area contributed by atoms with Gasteiger partial charge < -0.3 is 15.7 Å². The van der Waals surface area contributed by atoms with Gasteiger partial charge in [0.25, 0.3) is 0 Å². The molecule has 0 aliphatic heterocycles. The molecular weight excluding hydrogens is 240 g/mol. The molecule has 0 aromatic heterocycles. The van der Waals surface area contributed by atoms with Gasteiger partial charge in [-0.1, -0.05) is 12.1 Å². The fourth-order valence-corrected chi connectivity index (χ4v) is 2.04. The van der Waals surface area contributed by atoms with E-state index in [1.165, 1.54) is 11.3 Å². The molecular formula is C15H24N2O2. The number of nitrogens with two attached hydrogens (primary N) is 1. The van der Waals surface area contributed by atoms with Gasteiger partial charge in [0.15, 0.2) is 0 Å². The largest absolute Gasteiger partial charge is 0.480 e. The second-order valence-electron chi connectivity index (χ2n) is 5.24. The van der Waals surface area contributed by atoms with Crippen molar-refractivity contribution in [2.24, 2.45) is 5.73 Å². The van der Waals surface area contributed by atoms with Crippen LogP contribution in [0.1, 0.15) is 32.3 Å². The van der Waals surface area contributed by atoms with Crippen molar-refractivity contribution in [3.05, 3.63) is 29.8 Å². The summed E-state index contributed by atoms with van der Waals surface area (Å²) in [5.41, 5.74) is 7.00. The van der Waals surface area contributed by atoms with Crippen molar-refractivity contribution >= 4 is 11.7 Å². The molecule has 0 aliphatic carbocycles. The summed E-state index contributed by atoms with van der Waals surface area (Å²) in [6.07, 6.45) is 1.24. The summed E-state index contributed by atoms with van der Waals surface area (Å²) < 4.78 is 0. The fourth-order valence-electron chi connectivity index (χ4n) is 2.04. The molecule has 1 unspecified atom stereocenters. The summed E-state index contributed by atoms with van der Waals surface area (Å²) in [7, 11) is 0. The Balaban J connectivity index is 2.57. The minimum atomic E-state index is -1.13. The number of rotatable bonds is 7. The standard InChI is InChI=1S/C15H24N2O2/c1-4-17(13-8-5-7-12(2)11-13)10-6-9-15(3,16)14(18)19/h5,7-8,11H,4,6,9-10,16H2,1-3H3,(H,18,19). The third kappa shape index (κ3) is 4.56. The zero-order chi connectivity index (χ0) is 14.5. The van der Waals surface area contributed by atoms with Gasteiger partial charge in [-0.15, -0.1) is 0 Å². The van der Waals surface area contributed by atoms with Crippen molar-refractivity contribution in [3.63, 3.8) is 0 Å². The first-order valence-electron chi connectivity index (χ1n) is 6.70. The number of hydrogen-bond donors (Lipinski definition) is 2. The van der Waals surface area contributed by atoms with Crippen molar-refractivity contribution in [1.29, 1.82) is 0 Å². The van der Waals surface area contributed by atoms with E-state index >= 15 is 0 Å². The molecule has 4 nitrogen and oxygen atoms in total. The Hall–Kier alpha value is -1.55. The number of aliphatic carboxylic acids is 1. The van der Waals surface area contributed by atoms with E-state index in [4.69, 9.17) is 10.8 Å². The SMILES string of the molecule is CCN(CCCC(C)(N)C(=O)O)c1cccc(C)c1. The molecule has 0 heterocycles. The molecule has 0 radical (unpaired) electrons. The van der Waals surface area contributed by atoms with Gasteiger partial charge in [0.1, 0.15) is 5.54 Å². The van der Waals surface area contributed by atoms with E-state index in [1.54, 1.807) is 6.92 Å². The van der Waals surface area contributed by atoms with Crippen LogP contribution in [0.25, 0.3) is 0 Å². The molecule has 0 saturated carbocycles. The van der Waals surface area contributed by atoms with E-state index < -0.39 is 11.5 Å². The van der Waals surface area contributed by atoms with E-state index in [9.17, 15) is 4.79 Å². The molecule has 1 atom stereocenters. The molecule has 3 N–H and O–H groups in total. The van der Waals surface area contributed by atoms with Crippen LogP contribution in [0.15, 0.2) is 24.3 Å². The van der Waals surface area contributed by atoms with Crippen LogP contribution in [-0.4, -0.2) is 29.7 Å². The first-order chi connectivity index (χ1) is 8.86. The summed E-state index contributed by atoms with van der Waals surface area (Å²) in [5, 5.41) is 8.98. The topological polar surface area (TPSA) is 66.6 Å². The van der Waals surface area contributed by atoms with Crippen LogP contribution in [0.3, 0.4) is 0 Å². The molecule has 0 fully saturated rings. The lowest BCUT2D eigenvalue weighted by Gasteiger charge is -2.25. The van der Waals surface area contributed by atoms with E-state index in [2.05, 4.69) is 36.9 Å². The molecule has 1 aromatic carbocycles. The highest BCUT2D eigenvalue weighted by Crippen LogP contribution is 2.17. The van der Waals surface area contributed by atoms with Gasteiger partial charge in [-0.2, -0.15) is 0 Å². The van der Waals surface area contributed by atoms with Crippen molar-refractivity contribution in [2.45, 2.75) is 39.2 Å². The number of anilines is 1. The van der Waals surface area contributed by atoms with Gasteiger partial charge in [-0.05, 0) is 51.3 Å². The van der Waals surface area contributed by atoms with Crippen LogP contribution < -0.4 is 10.6 Å². The average molecular weight is 264 g/mol. The maximum atomic E-state index is 10.9. The molecule has 0 bridgehead atoms. The van der Waals surface area contributed by atoms with Crippen molar-refractivity contribution < 1.29 is 9.90 Å². The highest BCUT2D eigenvalue weighted by molar-refractivity contribution is 5.77. The molecule has 0 amide bonds. The Kier molecular flexibility index (Phi) is 5.36. The van der Waals surface area contributed by atoms with Gasteiger partial charge in [-0.3, -0.25) is 4.79 Å². The number of benzene rings is 1. The van der Waals surface area contributed by atoms with Crippen LogP contribution in [0.5, 0.6) is 0 Å².